The zero-order valence-electron chi connectivity index (χ0n) is 15.9. The van der Waals surface area contributed by atoms with E-state index in [2.05, 4.69) is 43.1 Å². The number of carbonyl (C=O) groups excluding carboxylic acids is 1. The van der Waals surface area contributed by atoms with Crippen LogP contribution in [0.2, 0.25) is 0 Å². The Balaban J connectivity index is 1.82. The largest absolute Gasteiger partial charge is 0.337 e. The molecular weight excluding hydrogens is 354 g/mol. The maximum absolute atomic E-state index is 12.9. The molecule has 0 N–H and O–H groups in total. The highest BCUT2D eigenvalue weighted by Gasteiger charge is 2.20. The molecule has 4 nitrogen and oxygen atoms in total. The molecule has 1 amide bonds. The summed E-state index contributed by atoms with van der Waals surface area (Å²) in [6.45, 7) is 6.50. The van der Waals surface area contributed by atoms with Crippen molar-refractivity contribution in [2.24, 2.45) is 0 Å². The Hall–Kier alpha value is -2.97. The fraction of sp³-hybridized carbons (Fsp3) is 0.227. The van der Waals surface area contributed by atoms with Gasteiger partial charge in [-0.25, -0.2) is 4.98 Å². The average molecular weight is 375 g/mol. The van der Waals surface area contributed by atoms with E-state index in [9.17, 15) is 4.79 Å². The van der Waals surface area contributed by atoms with Gasteiger partial charge in [-0.3, -0.25) is 4.79 Å². The van der Waals surface area contributed by atoms with E-state index in [1.54, 1.807) is 24.1 Å². The van der Waals surface area contributed by atoms with Gasteiger partial charge in [0.15, 0.2) is 0 Å². The van der Waals surface area contributed by atoms with Gasteiger partial charge in [-0.1, -0.05) is 35.9 Å². The van der Waals surface area contributed by atoms with Gasteiger partial charge in [0.1, 0.15) is 9.88 Å². The minimum absolute atomic E-state index is 0.0367. The van der Waals surface area contributed by atoms with Gasteiger partial charge in [0, 0.05) is 19.2 Å². The van der Waals surface area contributed by atoms with Gasteiger partial charge >= 0.3 is 0 Å². The lowest BCUT2D eigenvalue weighted by Gasteiger charge is -2.16. The van der Waals surface area contributed by atoms with Gasteiger partial charge in [0.05, 0.1) is 17.3 Å². The van der Waals surface area contributed by atoms with Crippen molar-refractivity contribution < 1.29 is 4.79 Å². The number of hydrogen-bond donors (Lipinski definition) is 0. The van der Waals surface area contributed by atoms with Crippen molar-refractivity contribution in [2.45, 2.75) is 27.3 Å². The molecule has 0 spiro atoms. The molecule has 0 saturated carbocycles. The summed E-state index contributed by atoms with van der Waals surface area (Å²) in [4.78, 5) is 19.9. The molecular formula is C22H21N3OS. The number of hydrogen-bond acceptors (Lipinski definition) is 4. The van der Waals surface area contributed by atoms with Crippen molar-refractivity contribution in [2.75, 3.05) is 7.05 Å². The second kappa shape index (κ2) is 7.73. The molecule has 0 fully saturated rings. The standard InChI is InChI=1S/C22H21N3OS/c1-14-5-10-19(15(2)11-14)21-24-16(3)20(27-21)22(26)25(4)13-18-8-6-17(12-23)7-9-18/h5-11H,13H2,1-4H3. The van der Waals surface area contributed by atoms with E-state index in [1.807, 2.05) is 19.1 Å². The number of nitriles is 1. The van der Waals surface area contributed by atoms with E-state index in [0.717, 1.165) is 27.4 Å². The minimum atomic E-state index is -0.0367. The van der Waals surface area contributed by atoms with E-state index in [4.69, 9.17) is 5.26 Å². The normalized spacial score (nSPS) is 10.5. The summed E-state index contributed by atoms with van der Waals surface area (Å²) < 4.78 is 0. The number of nitrogens with zero attached hydrogens (tertiary/aromatic N) is 3. The lowest BCUT2D eigenvalue weighted by atomic mass is 10.1. The number of rotatable bonds is 4. The molecule has 0 bridgehead atoms. The maximum Gasteiger partial charge on any atom is 0.265 e. The van der Waals surface area contributed by atoms with E-state index >= 15 is 0 Å². The third-order valence-electron chi connectivity index (χ3n) is 4.45. The Kier molecular flexibility index (Phi) is 5.38. The number of carbonyl (C=O) groups is 1. The van der Waals surface area contributed by atoms with Crippen LogP contribution < -0.4 is 0 Å². The minimum Gasteiger partial charge on any atom is -0.337 e. The molecule has 3 aromatic rings. The summed E-state index contributed by atoms with van der Waals surface area (Å²) in [7, 11) is 1.79. The topological polar surface area (TPSA) is 57.0 Å². The lowest BCUT2D eigenvalue weighted by Crippen LogP contribution is -2.26. The number of benzene rings is 2. The quantitative estimate of drug-likeness (QED) is 0.653. The van der Waals surface area contributed by atoms with Crippen LogP contribution in [-0.4, -0.2) is 22.8 Å². The third-order valence-corrected chi connectivity index (χ3v) is 5.63. The lowest BCUT2D eigenvalue weighted by molar-refractivity contribution is 0.0789. The molecule has 3 rings (SSSR count). The van der Waals surface area contributed by atoms with E-state index < -0.39 is 0 Å². The second-order valence-electron chi connectivity index (χ2n) is 6.72. The Morgan fingerprint density at radius 1 is 1.15 bits per heavy atom. The molecule has 0 saturated heterocycles. The summed E-state index contributed by atoms with van der Waals surface area (Å²) in [5.74, 6) is -0.0367. The van der Waals surface area contributed by atoms with Gasteiger partial charge in [-0.2, -0.15) is 5.26 Å². The summed E-state index contributed by atoms with van der Waals surface area (Å²) in [6.07, 6.45) is 0. The predicted octanol–water partition coefficient (Wildman–Crippen LogP) is 4.88. The van der Waals surface area contributed by atoms with Crippen LogP contribution in [0.4, 0.5) is 0 Å². The Bertz CT molecular complexity index is 1030. The van der Waals surface area contributed by atoms with Crippen LogP contribution in [-0.2, 0) is 6.54 Å². The van der Waals surface area contributed by atoms with Crippen molar-refractivity contribution >= 4 is 17.2 Å². The Morgan fingerprint density at radius 2 is 1.85 bits per heavy atom. The molecule has 1 heterocycles. The van der Waals surface area contributed by atoms with Crippen LogP contribution in [0.1, 0.15) is 37.6 Å². The van der Waals surface area contributed by atoms with Gasteiger partial charge in [0.25, 0.3) is 5.91 Å². The van der Waals surface area contributed by atoms with Crippen molar-refractivity contribution in [3.05, 3.63) is 75.3 Å². The van der Waals surface area contributed by atoms with Gasteiger partial charge in [-0.15, -0.1) is 11.3 Å². The maximum atomic E-state index is 12.9. The zero-order chi connectivity index (χ0) is 19.6. The molecule has 0 aliphatic rings. The molecule has 2 aromatic carbocycles. The molecule has 0 aliphatic carbocycles. The highest BCUT2D eigenvalue weighted by Crippen LogP contribution is 2.31. The average Bonchev–Trinajstić information content (AvgIpc) is 3.03. The SMILES string of the molecule is Cc1ccc(-c2nc(C)c(C(=O)N(C)Cc3ccc(C#N)cc3)s2)c(C)c1. The second-order valence-corrected chi connectivity index (χ2v) is 7.72. The van der Waals surface area contributed by atoms with Crippen molar-refractivity contribution in [3.63, 3.8) is 0 Å². The van der Waals surface area contributed by atoms with Crippen LogP contribution >= 0.6 is 11.3 Å². The highest BCUT2D eigenvalue weighted by molar-refractivity contribution is 7.17. The molecule has 0 aliphatic heterocycles. The summed E-state index contributed by atoms with van der Waals surface area (Å²) in [5, 5.41) is 9.76. The number of aromatic nitrogens is 1. The Labute approximate surface area is 163 Å². The van der Waals surface area contributed by atoms with Gasteiger partial charge < -0.3 is 4.90 Å². The molecule has 27 heavy (non-hydrogen) atoms. The first-order valence-electron chi connectivity index (χ1n) is 8.68. The first kappa shape index (κ1) is 18.8. The summed E-state index contributed by atoms with van der Waals surface area (Å²) in [5.41, 5.74) is 5.80. The monoisotopic (exact) mass is 375 g/mol. The molecule has 5 heteroatoms. The van der Waals surface area contributed by atoms with Crippen LogP contribution in [0.15, 0.2) is 42.5 Å². The van der Waals surface area contributed by atoms with Crippen LogP contribution in [0.25, 0.3) is 10.6 Å². The van der Waals surface area contributed by atoms with E-state index in [0.29, 0.717) is 17.0 Å². The zero-order valence-corrected chi connectivity index (χ0v) is 16.7. The van der Waals surface area contributed by atoms with E-state index in [1.165, 1.54) is 16.9 Å². The molecule has 0 atom stereocenters. The molecule has 1 aromatic heterocycles. The smallest absolute Gasteiger partial charge is 0.265 e. The fourth-order valence-electron chi connectivity index (χ4n) is 2.97. The van der Waals surface area contributed by atoms with Crippen molar-refractivity contribution in [3.8, 4) is 16.6 Å². The van der Waals surface area contributed by atoms with Crippen LogP contribution in [0.3, 0.4) is 0 Å². The van der Waals surface area contributed by atoms with Gasteiger partial charge in [-0.05, 0) is 44.0 Å². The number of amides is 1. The fourth-order valence-corrected chi connectivity index (χ4v) is 4.12. The van der Waals surface area contributed by atoms with Crippen molar-refractivity contribution in [1.29, 1.82) is 5.26 Å². The van der Waals surface area contributed by atoms with Gasteiger partial charge in [0.2, 0.25) is 0 Å². The molecule has 136 valence electrons. The first-order chi connectivity index (χ1) is 12.9. The summed E-state index contributed by atoms with van der Waals surface area (Å²) >= 11 is 1.44. The Morgan fingerprint density at radius 3 is 2.48 bits per heavy atom. The number of thiazole rings is 1. The first-order valence-corrected chi connectivity index (χ1v) is 9.50. The highest BCUT2D eigenvalue weighted by atomic mass is 32.1. The predicted molar refractivity (Wildman–Crippen MR) is 109 cm³/mol. The molecule has 0 radical (unpaired) electrons. The van der Waals surface area contributed by atoms with E-state index in [-0.39, 0.29) is 5.91 Å². The summed E-state index contributed by atoms with van der Waals surface area (Å²) in [6, 6.07) is 15.7. The van der Waals surface area contributed by atoms with Crippen molar-refractivity contribution in [1.82, 2.24) is 9.88 Å². The molecule has 0 unspecified atom stereocenters. The third kappa shape index (κ3) is 4.07. The van der Waals surface area contributed by atoms with Crippen LogP contribution in [0.5, 0.6) is 0 Å². The van der Waals surface area contributed by atoms with Crippen LogP contribution in [0, 0.1) is 32.1 Å². The number of aryl methyl sites for hydroxylation is 3.